The molecule has 0 radical (unpaired) electrons. The average Bonchev–Trinajstić information content (AvgIpc) is 2.93. The van der Waals surface area contributed by atoms with Crippen LogP contribution in [0.15, 0.2) is 28.7 Å². The van der Waals surface area contributed by atoms with E-state index in [1.165, 1.54) is 14.2 Å². The van der Waals surface area contributed by atoms with Crippen LogP contribution in [-0.4, -0.2) is 39.0 Å². The van der Waals surface area contributed by atoms with Crippen LogP contribution in [0, 0.1) is 0 Å². The van der Waals surface area contributed by atoms with Gasteiger partial charge in [0.05, 0.1) is 4.91 Å². The molecule has 1 aromatic rings. The number of amides is 2. The third-order valence-corrected chi connectivity index (χ3v) is 4.32. The monoisotopic (exact) mass is 393 g/mol. The number of ether oxygens (including phenoxy) is 4. The molecular weight excluding hydrogens is 370 g/mol. The zero-order valence-electron chi connectivity index (χ0n) is 15.8. The molecule has 2 amide bonds. The van der Waals surface area contributed by atoms with Gasteiger partial charge in [0, 0.05) is 19.8 Å². The molecule has 146 valence electrons. The molecule has 0 saturated carbocycles. The zero-order valence-corrected chi connectivity index (χ0v) is 16.6. The summed E-state index contributed by atoms with van der Waals surface area (Å²) >= 11 is 0.855. The predicted octanol–water partition coefficient (Wildman–Crippen LogP) is 3.48. The quantitative estimate of drug-likeness (QED) is 0.391. The number of rotatable bonds is 9. The summed E-state index contributed by atoms with van der Waals surface area (Å²) in [7, 11) is 3.07. The van der Waals surface area contributed by atoms with Crippen LogP contribution in [0.5, 0.6) is 11.5 Å². The molecule has 0 aromatic heterocycles. The number of hydrogen-bond acceptors (Lipinski definition) is 7. The summed E-state index contributed by atoms with van der Waals surface area (Å²) in [4.78, 5) is 23.5. The number of benzene rings is 1. The first-order valence-electron chi connectivity index (χ1n) is 8.23. The Morgan fingerprint density at radius 3 is 2.11 bits per heavy atom. The molecular formula is C19H23NO6S. The number of thioether (sulfide) groups is 1. The van der Waals surface area contributed by atoms with Gasteiger partial charge in [0.15, 0.2) is 13.6 Å². The summed E-state index contributed by atoms with van der Waals surface area (Å²) in [5.74, 6) is 0.728. The summed E-state index contributed by atoms with van der Waals surface area (Å²) in [6.07, 6.45) is 4.28. The van der Waals surface area contributed by atoms with Crippen molar-refractivity contribution >= 4 is 29.0 Å². The van der Waals surface area contributed by atoms with Crippen LogP contribution in [0.2, 0.25) is 0 Å². The first-order valence-corrected chi connectivity index (χ1v) is 9.04. The van der Waals surface area contributed by atoms with Crippen LogP contribution in [-0.2, 0) is 20.7 Å². The van der Waals surface area contributed by atoms with Gasteiger partial charge in [-0.15, -0.1) is 0 Å². The fourth-order valence-corrected chi connectivity index (χ4v) is 2.99. The molecule has 0 atom stereocenters. The second-order valence-corrected chi connectivity index (χ2v) is 6.95. The highest BCUT2D eigenvalue weighted by atomic mass is 32.2. The number of imide groups is 1. The fourth-order valence-electron chi connectivity index (χ4n) is 2.31. The molecule has 1 aromatic carbocycles. The van der Waals surface area contributed by atoms with Crippen molar-refractivity contribution in [3.63, 3.8) is 0 Å². The third kappa shape index (κ3) is 6.13. The van der Waals surface area contributed by atoms with Crippen molar-refractivity contribution < 1.29 is 28.5 Å². The van der Waals surface area contributed by atoms with Crippen LogP contribution in [0.1, 0.15) is 25.0 Å². The van der Waals surface area contributed by atoms with E-state index < -0.39 is 11.1 Å². The second kappa shape index (κ2) is 10.1. The van der Waals surface area contributed by atoms with Gasteiger partial charge in [-0.1, -0.05) is 11.6 Å². The molecule has 0 aliphatic carbocycles. The molecule has 1 fully saturated rings. The van der Waals surface area contributed by atoms with Crippen LogP contribution in [0.4, 0.5) is 4.79 Å². The second-order valence-electron chi connectivity index (χ2n) is 5.94. The van der Waals surface area contributed by atoms with Crippen molar-refractivity contribution in [2.75, 3.05) is 27.8 Å². The first-order chi connectivity index (χ1) is 12.9. The minimum absolute atomic E-state index is 0.0687. The lowest BCUT2D eigenvalue weighted by Crippen LogP contribution is -2.17. The van der Waals surface area contributed by atoms with Crippen molar-refractivity contribution in [1.82, 2.24) is 5.32 Å². The molecule has 27 heavy (non-hydrogen) atoms. The van der Waals surface area contributed by atoms with Crippen LogP contribution in [0.25, 0.3) is 6.08 Å². The Bertz CT molecular complexity index is 738. The Kier molecular flexibility index (Phi) is 7.90. The summed E-state index contributed by atoms with van der Waals surface area (Å²) < 4.78 is 21.5. The van der Waals surface area contributed by atoms with E-state index in [4.69, 9.17) is 18.9 Å². The number of carbonyl (C=O) groups excluding carboxylic acids is 2. The predicted molar refractivity (Wildman–Crippen MR) is 104 cm³/mol. The number of carbonyl (C=O) groups is 2. The standard InChI is InChI=1S/C19H23NO6S/c1-12(2)5-6-14-15(25-10-23-3)7-13(8-16(14)26-11-24-4)9-17-18(21)20-19(22)27-17/h5,7-9H,6,10-11H2,1-4H3,(H,20,21,22). The molecule has 1 saturated heterocycles. The molecule has 0 bridgehead atoms. The number of allylic oxidation sites excluding steroid dienone is 2. The Balaban J connectivity index is 2.48. The van der Waals surface area contributed by atoms with Crippen LogP contribution in [0.3, 0.4) is 0 Å². The maximum atomic E-state index is 11.8. The van der Waals surface area contributed by atoms with Gasteiger partial charge in [-0.2, -0.15) is 0 Å². The largest absolute Gasteiger partial charge is 0.467 e. The highest BCUT2D eigenvalue weighted by Crippen LogP contribution is 2.34. The zero-order chi connectivity index (χ0) is 19.8. The molecule has 0 spiro atoms. The SMILES string of the molecule is COCOc1cc(C=C2SC(=O)NC2=O)cc(OCOC)c1CC=C(C)C. The first kappa shape index (κ1) is 21.0. The molecule has 7 nitrogen and oxygen atoms in total. The Hall–Kier alpha value is -2.29. The van der Waals surface area contributed by atoms with Gasteiger partial charge in [-0.05, 0) is 55.8 Å². The third-order valence-electron chi connectivity index (χ3n) is 3.51. The summed E-state index contributed by atoms with van der Waals surface area (Å²) in [5.41, 5.74) is 2.67. The number of hydrogen-bond donors (Lipinski definition) is 1. The maximum Gasteiger partial charge on any atom is 0.290 e. The van der Waals surface area contributed by atoms with Gasteiger partial charge in [-0.25, -0.2) is 0 Å². The maximum absolute atomic E-state index is 11.8. The van der Waals surface area contributed by atoms with Crippen molar-refractivity contribution in [3.05, 3.63) is 39.8 Å². The van der Waals surface area contributed by atoms with E-state index in [2.05, 4.69) is 11.4 Å². The summed E-state index contributed by atoms with van der Waals surface area (Å²) in [6, 6.07) is 3.58. The molecule has 1 aliphatic heterocycles. The fraction of sp³-hybridized carbons (Fsp3) is 0.368. The van der Waals surface area contributed by atoms with Gasteiger partial charge < -0.3 is 18.9 Å². The minimum Gasteiger partial charge on any atom is -0.467 e. The van der Waals surface area contributed by atoms with E-state index in [-0.39, 0.29) is 13.6 Å². The topological polar surface area (TPSA) is 83.1 Å². The molecule has 8 heteroatoms. The van der Waals surface area contributed by atoms with Crippen molar-refractivity contribution in [1.29, 1.82) is 0 Å². The summed E-state index contributed by atoms with van der Waals surface area (Å²) in [5, 5.41) is 1.85. The van der Waals surface area contributed by atoms with Gasteiger partial charge in [0.1, 0.15) is 11.5 Å². The Morgan fingerprint density at radius 2 is 1.67 bits per heavy atom. The highest BCUT2D eigenvalue weighted by molar-refractivity contribution is 8.18. The van der Waals surface area contributed by atoms with Crippen molar-refractivity contribution in [2.24, 2.45) is 0 Å². The van der Waals surface area contributed by atoms with Gasteiger partial charge in [0.2, 0.25) is 0 Å². The molecule has 0 unspecified atom stereocenters. The van der Waals surface area contributed by atoms with Crippen molar-refractivity contribution in [3.8, 4) is 11.5 Å². The van der Waals surface area contributed by atoms with E-state index in [9.17, 15) is 9.59 Å². The lowest BCUT2D eigenvalue weighted by molar-refractivity contribution is -0.115. The normalized spacial score (nSPS) is 15.0. The lowest BCUT2D eigenvalue weighted by Gasteiger charge is -2.16. The van der Waals surface area contributed by atoms with E-state index >= 15 is 0 Å². The average molecular weight is 393 g/mol. The Labute approximate surface area is 162 Å². The van der Waals surface area contributed by atoms with Gasteiger partial charge in [0.25, 0.3) is 11.1 Å². The smallest absolute Gasteiger partial charge is 0.290 e. The molecule has 2 rings (SSSR count). The lowest BCUT2D eigenvalue weighted by atomic mass is 10.0. The summed E-state index contributed by atoms with van der Waals surface area (Å²) in [6.45, 7) is 4.16. The Morgan fingerprint density at radius 1 is 1.07 bits per heavy atom. The van der Waals surface area contributed by atoms with Gasteiger partial charge in [-0.3, -0.25) is 14.9 Å². The number of methoxy groups -OCH3 is 2. The van der Waals surface area contributed by atoms with E-state index in [1.807, 2.05) is 13.8 Å². The van der Waals surface area contributed by atoms with Crippen LogP contribution < -0.4 is 14.8 Å². The van der Waals surface area contributed by atoms with E-state index in [0.717, 1.165) is 22.9 Å². The van der Waals surface area contributed by atoms with Crippen LogP contribution >= 0.6 is 11.8 Å². The van der Waals surface area contributed by atoms with E-state index in [1.54, 1.807) is 18.2 Å². The van der Waals surface area contributed by atoms with Crippen molar-refractivity contribution in [2.45, 2.75) is 20.3 Å². The number of nitrogens with one attached hydrogen (secondary N) is 1. The van der Waals surface area contributed by atoms with E-state index in [0.29, 0.717) is 28.4 Å². The highest BCUT2D eigenvalue weighted by Gasteiger charge is 2.25. The van der Waals surface area contributed by atoms with Gasteiger partial charge >= 0.3 is 0 Å². The molecule has 1 heterocycles. The minimum atomic E-state index is -0.419. The molecule has 1 aliphatic rings. The molecule has 1 N–H and O–H groups in total.